The van der Waals surface area contributed by atoms with Crippen LogP contribution in [-0.4, -0.2) is 43.3 Å². The second kappa shape index (κ2) is 5.38. The molecule has 0 aromatic rings. The Labute approximate surface area is 88.6 Å². The summed E-state index contributed by atoms with van der Waals surface area (Å²) < 4.78 is 9.66. The third-order valence-electron chi connectivity index (χ3n) is 2.32. The monoisotopic (exact) mass is 213 g/mol. The molecule has 5 nitrogen and oxygen atoms in total. The predicted molar refractivity (Wildman–Crippen MR) is 53.3 cm³/mol. The van der Waals surface area contributed by atoms with Crippen molar-refractivity contribution in [2.24, 2.45) is 0 Å². The van der Waals surface area contributed by atoms with E-state index in [1.54, 1.807) is 4.90 Å². The molecule has 5 heteroatoms. The summed E-state index contributed by atoms with van der Waals surface area (Å²) in [5.41, 5.74) is 0. The van der Waals surface area contributed by atoms with Gasteiger partial charge in [-0.2, -0.15) is 0 Å². The fourth-order valence-electron chi connectivity index (χ4n) is 1.50. The molecular formula is C10H15NO4. The van der Waals surface area contributed by atoms with E-state index in [-0.39, 0.29) is 12.2 Å². The first-order chi connectivity index (χ1) is 7.17. The first-order valence-electron chi connectivity index (χ1n) is 4.83. The zero-order valence-corrected chi connectivity index (χ0v) is 8.77. The summed E-state index contributed by atoms with van der Waals surface area (Å²) in [6.45, 7) is 4.44. The number of hydrogen-bond acceptors (Lipinski definition) is 4. The maximum Gasteiger partial charge on any atom is 0.409 e. The van der Waals surface area contributed by atoms with E-state index >= 15 is 0 Å². The van der Waals surface area contributed by atoms with Gasteiger partial charge in [-0.25, -0.2) is 9.59 Å². The van der Waals surface area contributed by atoms with Gasteiger partial charge in [0.25, 0.3) is 0 Å². The lowest BCUT2D eigenvalue weighted by Gasteiger charge is -2.30. The summed E-state index contributed by atoms with van der Waals surface area (Å²) in [7, 11) is 1.35. The molecule has 15 heavy (non-hydrogen) atoms. The maximum atomic E-state index is 11.1. The van der Waals surface area contributed by atoms with Crippen molar-refractivity contribution in [1.82, 2.24) is 4.90 Å². The van der Waals surface area contributed by atoms with Crippen LogP contribution in [-0.2, 0) is 14.3 Å². The number of methoxy groups -OCH3 is 1. The number of rotatable bonds is 2. The van der Waals surface area contributed by atoms with Crippen LogP contribution in [0.4, 0.5) is 4.79 Å². The number of nitrogens with zero attached hydrogens (tertiary/aromatic N) is 1. The SMILES string of the molecule is C=CC(=O)OC1CCN(C(=O)OC)CC1. The molecular weight excluding hydrogens is 198 g/mol. The van der Waals surface area contributed by atoms with Gasteiger partial charge >= 0.3 is 12.1 Å². The largest absolute Gasteiger partial charge is 0.459 e. The number of piperidine rings is 1. The highest BCUT2D eigenvalue weighted by Crippen LogP contribution is 2.14. The molecule has 1 heterocycles. The van der Waals surface area contributed by atoms with Crippen LogP contribution in [0.5, 0.6) is 0 Å². The predicted octanol–water partition coefficient (Wildman–Crippen LogP) is 0.946. The number of carbonyl (C=O) groups is 2. The van der Waals surface area contributed by atoms with Crippen molar-refractivity contribution < 1.29 is 19.1 Å². The van der Waals surface area contributed by atoms with Crippen molar-refractivity contribution in [2.45, 2.75) is 18.9 Å². The molecule has 0 aliphatic carbocycles. The lowest BCUT2D eigenvalue weighted by atomic mass is 10.1. The van der Waals surface area contributed by atoms with Crippen LogP contribution in [0.15, 0.2) is 12.7 Å². The minimum Gasteiger partial charge on any atom is -0.459 e. The number of esters is 1. The Morgan fingerprint density at radius 3 is 2.47 bits per heavy atom. The molecule has 1 aliphatic heterocycles. The molecule has 1 saturated heterocycles. The third-order valence-corrected chi connectivity index (χ3v) is 2.32. The summed E-state index contributed by atoms with van der Waals surface area (Å²) >= 11 is 0. The molecule has 0 aromatic heterocycles. The van der Waals surface area contributed by atoms with Crippen LogP contribution in [0, 0.1) is 0 Å². The fraction of sp³-hybridized carbons (Fsp3) is 0.600. The lowest BCUT2D eigenvalue weighted by Crippen LogP contribution is -2.41. The minimum absolute atomic E-state index is 0.114. The third kappa shape index (κ3) is 3.27. The molecule has 0 spiro atoms. The Bertz CT molecular complexity index is 256. The molecule has 84 valence electrons. The highest BCUT2D eigenvalue weighted by molar-refractivity contribution is 5.81. The average molecular weight is 213 g/mol. The van der Waals surface area contributed by atoms with E-state index in [0.717, 1.165) is 6.08 Å². The smallest absolute Gasteiger partial charge is 0.409 e. The molecule has 0 unspecified atom stereocenters. The number of likely N-dealkylation sites (tertiary alicyclic amines) is 1. The zero-order valence-electron chi connectivity index (χ0n) is 8.77. The van der Waals surface area contributed by atoms with E-state index in [2.05, 4.69) is 11.3 Å². The Morgan fingerprint density at radius 2 is 2.00 bits per heavy atom. The van der Waals surface area contributed by atoms with E-state index in [0.29, 0.717) is 25.9 Å². The Balaban J connectivity index is 2.32. The van der Waals surface area contributed by atoms with Crippen LogP contribution >= 0.6 is 0 Å². The highest BCUT2D eigenvalue weighted by Gasteiger charge is 2.24. The van der Waals surface area contributed by atoms with Gasteiger partial charge in [0.2, 0.25) is 0 Å². The zero-order chi connectivity index (χ0) is 11.3. The van der Waals surface area contributed by atoms with Crippen molar-refractivity contribution in [3.8, 4) is 0 Å². The van der Waals surface area contributed by atoms with Crippen molar-refractivity contribution in [3.63, 3.8) is 0 Å². The Kier molecular flexibility index (Phi) is 4.15. The van der Waals surface area contributed by atoms with Crippen molar-refractivity contribution in [3.05, 3.63) is 12.7 Å². The topological polar surface area (TPSA) is 55.8 Å². The summed E-state index contributed by atoms with van der Waals surface area (Å²) in [5.74, 6) is -0.411. The molecule has 0 saturated carbocycles. The number of hydrogen-bond donors (Lipinski definition) is 0. The van der Waals surface area contributed by atoms with E-state index in [1.807, 2.05) is 0 Å². The van der Waals surface area contributed by atoms with E-state index in [4.69, 9.17) is 4.74 Å². The first kappa shape index (κ1) is 11.6. The summed E-state index contributed by atoms with van der Waals surface area (Å²) in [5, 5.41) is 0. The number of ether oxygens (including phenoxy) is 2. The number of carbonyl (C=O) groups excluding carboxylic acids is 2. The fourth-order valence-corrected chi connectivity index (χ4v) is 1.50. The lowest BCUT2D eigenvalue weighted by molar-refractivity contribution is -0.144. The van der Waals surface area contributed by atoms with Gasteiger partial charge in [-0.05, 0) is 0 Å². The van der Waals surface area contributed by atoms with Gasteiger partial charge in [-0.1, -0.05) is 6.58 Å². The highest BCUT2D eigenvalue weighted by atomic mass is 16.5. The molecule has 0 radical (unpaired) electrons. The van der Waals surface area contributed by atoms with Gasteiger partial charge in [0.05, 0.1) is 7.11 Å². The first-order valence-corrected chi connectivity index (χ1v) is 4.83. The van der Waals surface area contributed by atoms with Crippen molar-refractivity contribution in [2.75, 3.05) is 20.2 Å². The summed E-state index contributed by atoms with van der Waals surface area (Å²) in [6, 6.07) is 0. The molecule has 0 atom stereocenters. The van der Waals surface area contributed by atoms with Crippen LogP contribution in [0.3, 0.4) is 0 Å². The van der Waals surface area contributed by atoms with E-state index in [9.17, 15) is 9.59 Å². The van der Waals surface area contributed by atoms with Gasteiger partial charge < -0.3 is 14.4 Å². The number of amides is 1. The van der Waals surface area contributed by atoms with Crippen LogP contribution < -0.4 is 0 Å². The second-order valence-corrected chi connectivity index (χ2v) is 3.30. The summed E-state index contributed by atoms with van der Waals surface area (Å²) in [6.07, 6.45) is 2.00. The van der Waals surface area contributed by atoms with Crippen molar-refractivity contribution >= 4 is 12.1 Å². The van der Waals surface area contributed by atoms with Gasteiger partial charge in [0.1, 0.15) is 6.10 Å². The molecule has 0 aromatic carbocycles. The molecule has 1 amide bonds. The normalized spacial score (nSPS) is 17.0. The van der Waals surface area contributed by atoms with Gasteiger partial charge in [0, 0.05) is 32.0 Å². The molecule has 0 N–H and O–H groups in total. The van der Waals surface area contributed by atoms with Gasteiger partial charge in [0.15, 0.2) is 0 Å². The second-order valence-electron chi connectivity index (χ2n) is 3.30. The average Bonchev–Trinajstić information content (AvgIpc) is 2.29. The molecule has 1 fully saturated rings. The summed E-state index contributed by atoms with van der Waals surface area (Å²) in [4.78, 5) is 23.6. The van der Waals surface area contributed by atoms with Crippen LogP contribution in [0.25, 0.3) is 0 Å². The standard InChI is InChI=1S/C10H15NO4/c1-3-9(12)15-8-4-6-11(7-5-8)10(13)14-2/h3,8H,1,4-7H2,2H3. The molecule has 1 rings (SSSR count). The Morgan fingerprint density at radius 1 is 1.40 bits per heavy atom. The van der Waals surface area contributed by atoms with Gasteiger partial charge in [-0.15, -0.1) is 0 Å². The van der Waals surface area contributed by atoms with E-state index in [1.165, 1.54) is 7.11 Å². The minimum atomic E-state index is -0.411. The van der Waals surface area contributed by atoms with E-state index < -0.39 is 5.97 Å². The maximum absolute atomic E-state index is 11.1. The molecule has 0 bridgehead atoms. The molecule has 1 aliphatic rings. The van der Waals surface area contributed by atoms with Gasteiger partial charge in [-0.3, -0.25) is 0 Å². The van der Waals surface area contributed by atoms with Crippen molar-refractivity contribution in [1.29, 1.82) is 0 Å². The Hall–Kier alpha value is -1.52. The quantitative estimate of drug-likeness (QED) is 0.506. The van der Waals surface area contributed by atoms with Crippen LogP contribution in [0.1, 0.15) is 12.8 Å². The van der Waals surface area contributed by atoms with Crippen LogP contribution in [0.2, 0.25) is 0 Å².